The first kappa shape index (κ1) is 17.2. The molecule has 1 aliphatic rings. The van der Waals surface area contributed by atoms with Crippen LogP contribution in [0.25, 0.3) is 5.65 Å². The van der Waals surface area contributed by atoms with Gasteiger partial charge in [0.05, 0.1) is 12.1 Å². The van der Waals surface area contributed by atoms with Crippen molar-refractivity contribution in [2.24, 2.45) is 0 Å². The van der Waals surface area contributed by atoms with E-state index in [4.69, 9.17) is 4.74 Å². The van der Waals surface area contributed by atoms with Crippen LogP contribution in [0, 0.1) is 6.92 Å². The molecule has 2 aromatic heterocycles. The summed E-state index contributed by atoms with van der Waals surface area (Å²) in [5.74, 6) is -1.30. The predicted molar refractivity (Wildman–Crippen MR) is 94.9 cm³/mol. The number of aryl methyl sites for hydroxylation is 1. The van der Waals surface area contributed by atoms with Gasteiger partial charge in [0.15, 0.2) is 5.69 Å². The summed E-state index contributed by atoms with van der Waals surface area (Å²) in [6.07, 6.45) is 3.31. The van der Waals surface area contributed by atoms with E-state index in [1.165, 1.54) is 18.3 Å². The fraction of sp³-hybridized carbons (Fsp3) is 0.167. The molecule has 27 heavy (non-hydrogen) atoms. The number of aromatic nitrogens is 2. The van der Waals surface area contributed by atoms with Crippen molar-refractivity contribution in [2.75, 3.05) is 13.2 Å². The lowest BCUT2D eigenvalue weighted by atomic mass is 10.2. The van der Waals surface area contributed by atoms with Gasteiger partial charge in [-0.2, -0.15) is 0 Å². The molecular formula is C18H15N3O5S. The van der Waals surface area contributed by atoms with Gasteiger partial charge in [-0.15, -0.1) is 0 Å². The molecule has 0 unspecified atom stereocenters. The first-order valence-corrected chi connectivity index (χ1v) is 9.60. The lowest BCUT2D eigenvalue weighted by Gasteiger charge is -2.14. The van der Waals surface area contributed by atoms with Crippen molar-refractivity contribution in [3.8, 4) is 0 Å². The van der Waals surface area contributed by atoms with Crippen LogP contribution in [0.1, 0.15) is 26.4 Å². The minimum absolute atomic E-state index is 0.0305. The molecule has 0 spiro atoms. The predicted octanol–water partition coefficient (Wildman–Crippen LogP) is 1.64. The SMILES string of the molecule is Cc1ccn2cc(C(=O)OCCN3C(=O)c4ccccc4S3(=O)=O)nc2c1. The maximum Gasteiger partial charge on any atom is 0.358 e. The van der Waals surface area contributed by atoms with Crippen LogP contribution in [0.2, 0.25) is 0 Å². The summed E-state index contributed by atoms with van der Waals surface area (Å²) in [5.41, 5.74) is 1.85. The van der Waals surface area contributed by atoms with Crippen molar-refractivity contribution in [3.05, 3.63) is 65.6 Å². The van der Waals surface area contributed by atoms with Gasteiger partial charge >= 0.3 is 5.97 Å². The van der Waals surface area contributed by atoms with Crippen molar-refractivity contribution in [3.63, 3.8) is 0 Å². The zero-order chi connectivity index (χ0) is 19.2. The third-order valence-corrected chi connectivity index (χ3v) is 6.10. The van der Waals surface area contributed by atoms with Crippen molar-refractivity contribution in [2.45, 2.75) is 11.8 Å². The molecule has 3 heterocycles. The molecule has 1 aromatic carbocycles. The summed E-state index contributed by atoms with van der Waals surface area (Å²) >= 11 is 0. The topological polar surface area (TPSA) is 98.0 Å². The largest absolute Gasteiger partial charge is 0.459 e. The van der Waals surface area contributed by atoms with Crippen LogP contribution in [0.4, 0.5) is 0 Å². The normalized spacial score (nSPS) is 15.1. The van der Waals surface area contributed by atoms with E-state index in [-0.39, 0.29) is 29.3 Å². The van der Waals surface area contributed by atoms with Crippen LogP contribution in [0.15, 0.2) is 53.7 Å². The van der Waals surface area contributed by atoms with E-state index < -0.39 is 21.9 Å². The van der Waals surface area contributed by atoms with Gasteiger partial charge in [-0.05, 0) is 36.8 Å². The molecule has 0 aliphatic carbocycles. The Morgan fingerprint density at radius 2 is 2.00 bits per heavy atom. The molecule has 3 aromatic rings. The smallest absolute Gasteiger partial charge is 0.358 e. The Bertz CT molecular complexity index is 1180. The van der Waals surface area contributed by atoms with E-state index >= 15 is 0 Å². The van der Waals surface area contributed by atoms with E-state index in [1.807, 2.05) is 19.1 Å². The van der Waals surface area contributed by atoms with E-state index in [9.17, 15) is 18.0 Å². The molecule has 1 aliphatic heterocycles. The first-order chi connectivity index (χ1) is 12.9. The van der Waals surface area contributed by atoms with Crippen molar-refractivity contribution in [1.82, 2.24) is 13.7 Å². The van der Waals surface area contributed by atoms with Gasteiger partial charge < -0.3 is 9.14 Å². The number of imidazole rings is 1. The average molecular weight is 385 g/mol. The molecule has 4 rings (SSSR count). The molecular weight excluding hydrogens is 370 g/mol. The minimum atomic E-state index is -3.91. The van der Waals surface area contributed by atoms with Gasteiger partial charge in [0.2, 0.25) is 0 Å². The van der Waals surface area contributed by atoms with Gasteiger partial charge in [-0.25, -0.2) is 22.5 Å². The average Bonchev–Trinajstić information content (AvgIpc) is 3.14. The number of hydrogen-bond acceptors (Lipinski definition) is 6. The van der Waals surface area contributed by atoms with Crippen LogP contribution in [0.3, 0.4) is 0 Å². The number of amides is 1. The molecule has 0 fully saturated rings. The van der Waals surface area contributed by atoms with E-state index in [0.717, 1.165) is 9.87 Å². The van der Waals surface area contributed by atoms with Crippen LogP contribution < -0.4 is 0 Å². The molecule has 0 saturated heterocycles. The van der Waals surface area contributed by atoms with Crippen molar-refractivity contribution >= 4 is 27.5 Å². The second-order valence-electron chi connectivity index (χ2n) is 6.11. The summed E-state index contributed by atoms with van der Waals surface area (Å²) in [7, 11) is -3.91. The van der Waals surface area contributed by atoms with E-state index in [2.05, 4.69) is 4.98 Å². The highest BCUT2D eigenvalue weighted by molar-refractivity contribution is 7.90. The number of esters is 1. The molecule has 0 saturated carbocycles. The Labute approximate surface area is 155 Å². The number of carbonyl (C=O) groups excluding carboxylic acids is 2. The zero-order valence-corrected chi connectivity index (χ0v) is 15.1. The fourth-order valence-corrected chi connectivity index (χ4v) is 4.48. The molecule has 138 valence electrons. The third-order valence-electron chi connectivity index (χ3n) is 4.26. The van der Waals surface area contributed by atoms with Crippen LogP contribution >= 0.6 is 0 Å². The van der Waals surface area contributed by atoms with Crippen LogP contribution in [-0.4, -0.2) is 47.1 Å². The lowest BCUT2D eigenvalue weighted by molar-refractivity contribution is 0.0472. The number of rotatable bonds is 4. The number of pyridine rings is 1. The number of fused-ring (bicyclic) bond motifs is 2. The molecule has 0 atom stereocenters. The Morgan fingerprint density at radius 3 is 2.78 bits per heavy atom. The third kappa shape index (κ3) is 2.85. The maximum absolute atomic E-state index is 12.4. The molecule has 8 nitrogen and oxygen atoms in total. The number of hydrogen-bond donors (Lipinski definition) is 0. The highest BCUT2D eigenvalue weighted by Crippen LogP contribution is 2.29. The summed E-state index contributed by atoms with van der Waals surface area (Å²) in [5, 5.41) is 0. The van der Waals surface area contributed by atoms with Gasteiger partial charge in [-0.3, -0.25) is 4.79 Å². The monoisotopic (exact) mass is 385 g/mol. The van der Waals surface area contributed by atoms with E-state index in [0.29, 0.717) is 5.65 Å². The molecule has 9 heteroatoms. The van der Waals surface area contributed by atoms with Gasteiger partial charge in [0.1, 0.15) is 17.1 Å². The molecule has 0 bridgehead atoms. The standard InChI is InChI=1S/C18H15N3O5S/c1-12-6-7-20-11-14(19-16(20)10-12)18(23)26-9-8-21-17(22)13-4-2-3-5-15(13)27(21,24)25/h2-7,10-11H,8-9H2,1H3. The number of benzene rings is 1. The Balaban J connectivity index is 1.45. The van der Waals surface area contributed by atoms with E-state index in [1.54, 1.807) is 22.7 Å². The Hall–Kier alpha value is -3.20. The maximum atomic E-state index is 12.4. The molecule has 0 N–H and O–H groups in total. The quantitative estimate of drug-likeness (QED) is 0.634. The second kappa shape index (κ2) is 6.20. The summed E-state index contributed by atoms with van der Waals surface area (Å²) < 4.78 is 32.4. The molecule has 0 radical (unpaired) electrons. The number of nitrogens with zero attached hydrogens (tertiary/aromatic N) is 3. The zero-order valence-electron chi connectivity index (χ0n) is 14.3. The van der Waals surface area contributed by atoms with Crippen LogP contribution in [-0.2, 0) is 14.8 Å². The van der Waals surface area contributed by atoms with Gasteiger partial charge in [-0.1, -0.05) is 12.1 Å². The lowest BCUT2D eigenvalue weighted by Crippen LogP contribution is -2.33. The Kier molecular flexibility index (Phi) is 3.96. The second-order valence-corrected chi connectivity index (χ2v) is 7.94. The highest BCUT2D eigenvalue weighted by Gasteiger charge is 2.40. The first-order valence-electron chi connectivity index (χ1n) is 8.16. The number of carbonyl (C=O) groups is 2. The fourth-order valence-electron chi connectivity index (χ4n) is 2.93. The summed E-state index contributed by atoms with van der Waals surface area (Å²) in [4.78, 5) is 28.6. The van der Waals surface area contributed by atoms with Crippen molar-refractivity contribution in [1.29, 1.82) is 0 Å². The minimum Gasteiger partial charge on any atom is -0.459 e. The Morgan fingerprint density at radius 1 is 1.22 bits per heavy atom. The molecule has 1 amide bonds. The van der Waals surface area contributed by atoms with Gasteiger partial charge in [0.25, 0.3) is 15.9 Å². The summed E-state index contributed by atoms with van der Waals surface area (Å²) in [6, 6.07) is 9.70. The van der Waals surface area contributed by atoms with Crippen molar-refractivity contribution < 1.29 is 22.7 Å². The number of sulfonamides is 1. The van der Waals surface area contributed by atoms with Crippen LogP contribution in [0.5, 0.6) is 0 Å². The number of ether oxygens (including phenoxy) is 1. The highest BCUT2D eigenvalue weighted by atomic mass is 32.2. The summed E-state index contributed by atoms with van der Waals surface area (Å²) in [6.45, 7) is 1.40. The van der Waals surface area contributed by atoms with Gasteiger partial charge in [0, 0.05) is 12.4 Å².